The van der Waals surface area contributed by atoms with Crippen LogP contribution in [0.5, 0.6) is 0 Å². The summed E-state index contributed by atoms with van der Waals surface area (Å²) in [6.07, 6.45) is 4.16. The summed E-state index contributed by atoms with van der Waals surface area (Å²) in [5.74, 6) is 0.352. The smallest absolute Gasteiger partial charge is 0.208 e. The lowest BCUT2D eigenvalue weighted by atomic mass is 9.87. The number of halogens is 2. The van der Waals surface area contributed by atoms with Gasteiger partial charge in [-0.2, -0.15) is 0 Å². The predicted octanol–water partition coefficient (Wildman–Crippen LogP) is 4.16. The zero-order chi connectivity index (χ0) is 14.9. The van der Waals surface area contributed by atoms with Gasteiger partial charge in [0.25, 0.3) is 0 Å². The van der Waals surface area contributed by atoms with Gasteiger partial charge in [0.2, 0.25) is 10.0 Å². The topological polar surface area (TPSA) is 46.2 Å². The highest BCUT2D eigenvalue weighted by atomic mass is 35.5. The van der Waals surface area contributed by atoms with E-state index in [4.69, 9.17) is 23.2 Å². The van der Waals surface area contributed by atoms with Gasteiger partial charge in [-0.3, -0.25) is 0 Å². The van der Waals surface area contributed by atoms with Gasteiger partial charge in [-0.15, -0.1) is 0 Å². The van der Waals surface area contributed by atoms with Crippen LogP contribution in [0, 0.1) is 12.8 Å². The molecule has 20 heavy (non-hydrogen) atoms. The Morgan fingerprint density at radius 3 is 2.45 bits per heavy atom. The van der Waals surface area contributed by atoms with Crippen molar-refractivity contribution in [2.24, 2.45) is 5.92 Å². The number of sulfonamides is 1. The number of rotatable bonds is 3. The molecule has 1 fully saturated rings. The summed E-state index contributed by atoms with van der Waals surface area (Å²) in [7, 11) is -3.60. The molecule has 0 unspecified atom stereocenters. The molecule has 1 aliphatic rings. The Balaban J connectivity index is 2.28. The second-order valence-corrected chi connectivity index (χ2v) is 8.02. The fraction of sp³-hybridized carbons (Fsp3) is 0.571. The minimum absolute atomic E-state index is 0.0131. The van der Waals surface area contributed by atoms with Crippen molar-refractivity contribution in [2.75, 3.05) is 0 Å². The first-order chi connectivity index (χ1) is 9.31. The Labute approximate surface area is 130 Å². The highest BCUT2D eigenvalue weighted by Gasteiger charge is 2.28. The van der Waals surface area contributed by atoms with Crippen LogP contribution in [0.15, 0.2) is 17.0 Å². The van der Waals surface area contributed by atoms with Crippen molar-refractivity contribution in [1.82, 2.24) is 4.72 Å². The van der Waals surface area contributed by atoms with Gasteiger partial charge in [0.15, 0.2) is 0 Å². The van der Waals surface area contributed by atoms with Crippen molar-refractivity contribution in [3.8, 4) is 0 Å². The van der Waals surface area contributed by atoms with Crippen molar-refractivity contribution in [3.63, 3.8) is 0 Å². The van der Waals surface area contributed by atoms with Gasteiger partial charge < -0.3 is 0 Å². The van der Waals surface area contributed by atoms with Crippen molar-refractivity contribution < 1.29 is 8.42 Å². The maximum atomic E-state index is 12.5. The van der Waals surface area contributed by atoms with E-state index in [1.165, 1.54) is 18.6 Å². The van der Waals surface area contributed by atoms with Crippen LogP contribution in [0.1, 0.15) is 38.2 Å². The molecule has 3 nitrogen and oxygen atoms in total. The standard InChI is InChI=1S/C14H19Cl2NO2S/c1-9-5-3-4-6-13(9)17-20(18,19)14-7-10(2)11(15)8-12(14)16/h7-9,13,17H,3-6H2,1-2H3/t9-,13-/m1/s1. The highest BCUT2D eigenvalue weighted by Crippen LogP contribution is 2.30. The molecule has 2 rings (SSSR count). The number of hydrogen-bond acceptors (Lipinski definition) is 2. The number of aryl methyl sites for hydroxylation is 1. The summed E-state index contributed by atoms with van der Waals surface area (Å²) in [6.45, 7) is 3.85. The summed E-state index contributed by atoms with van der Waals surface area (Å²) in [5, 5.41) is 0.636. The van der Waals surface area contributed by atoms with Crippen LogP contribution in [0.2, 0.25) is 10.0 Å². The van der Waals surface area contributed by atoms with Crippen LogP contribution in [0.4, 0.5) is 0 Å². The van der Waals surface area contributed by atoms with E-state index in [2.05, 4.69) is 11.6 Å². The van der Waals surface area contributed by atoms with E-state index in [-0.39, 0.29) is 16.0 Å². The summed E-state index contributed by atoms with van der Waals surface area (Å²) >= 11 is 12.0. The monoisotopic (exact) mass is 335 g/mol. The first-order valence-electron chi connectivity index (χ1n) is 6.79. The largest absolute Gasteiger partial charge is 0.242 e. The first-order valence-corrected chi connectivity index (χ1v) is 9.03. The minimum atomic E-state index is -3.60. The quantitative estimate of drug-likeness (QED) is 0.901. The molecule has 0 spiro atoms. The molecule has 0 amide bonds. The Morgan fingerprint density at radius 2 is 1.80 bits per heavy atom. The lowest BCUT2D eigenvalue weighted by Gasteiger charge is -2.29. The molecule has 0 aliphatic heterocycles. The van der Waals surface area contributed by atoms with Crippen LogP contribution in [0.25, 0.3) is 0 Å². The summed E-state index contributed by atoms with van der Waals surface area (Å²) in [5.41, 5.74) is 0.702. The summed E-state index contributed by atoms with van der Waals surface area (Å²) in [4.78, 5) is 0.110. The Hall–Kier alpha value is -0.290. The molecule has 1 N–H and O–H groups in total. The van der Waals surface area contributed by atoms with Gasteiger partial charge in [0.1, 0.15) is 4.90 Å². The zero-order valence-corrected chi connectivity index (χ0v) is 13.9. The maximum absolute atomic E-state index is 12.5. The van der Waals surface area contributed by atoms with Crippen molar-refractivity contribution in [1.29, 1.82) is 0 Å². The highest BCUT2D eigenvalue weighted by molar-refractivity contribution is 7.89. The fourth-order valence-electron chi connectivity index (χ4n) is 2.59. The maximum Gasteiger partial charge on any atom is 0.242 e. The van der Waals surface area contributed by atoms with E-state index in [0.29, 0.717) is 16.5 Å². The zero-order valence-electron chi connectivity index (χ0n) is 11.6. The molecule has 1 aromatic rings. The van der Waals surface area contributed by atoms with Gasteiger partial charge in [0.05, 0.1) is 5.02 Å². The van der Waals surface area contributed by atoms with E-state index >= 15 is 0 Å². The molecule has 6 heteroatoms. The summed E-state index contributed by atoms with van der Waals surface area (Å²) < 4.78 is 27.8. The van der Waals surface area contributed by atoms with Gasteiger partial charge in [0, 0.05) is 11.1 Å². The molecule has 2 atom stereocenters. The Morgan fingerprint density at radius 1 is 1.15 bits per heavy atom. The lowest BCUT2D eigenvalue weighted by Crippen LogP contribution is -2.41. The molecule has 0 bridgehead atoms. The molecule has 0 saturated heterocycles. The number of benzene rings is 1. The average Bonchev–Trinajstić information content (AvgIpc) is 2.36. The van der Waals surface area contributed by atoms with E-state index in [1.54, 1.807) is 6.92 Å². The van der Waals surface area contributed by atoms with E-state index < -0.39 is 10.0 Å². The van der Waals surface area contributed by atoms with Crippen molar-refractivity contribution in [3.05, 3.63) is 27.7 Å². The van der Waals surface area contributed by atoms with Gasteiger partial charge in [-0.05, 0) is 43.4 Å². The van der Waals surface area contributed by atoms with Gasteiger partial charge in [-0.25, -0.2) is 13.1 Å². The molecule has 1 aromatic carbocycles. The first kappa shape index (κ1) is 16.1. The van der Waals surface area contributed by atoms with E-state index in [1.807, 2.05) is 0 Å². The third-order valence-corrected chi connectivity index (χ3v) is 6.28. The average molecular weight is 336 g/mol. The van der Waals surface area contributed by atoms with Crippen molar-refractivity contribution in [2.45, 2.75) is 50.5 Å². The van der Waals surface area contributed by atoms with E-state index in [0.717, 1.165) is 19.3 Å². The predicted molar refractivity (Wildman–Crippen MR) is 82.9 cm³/mol. The van der Waals surface area contributed by atoms with Gasteiger partial charge in [-0.1, -0.05) is 43.0 Å². The Kier molecular flexibility index (Phi) is 5.00. The molecule has 1 aliphatic carbocycles. The van der Waals surface area contributed by atoms with Gasteiger partial charge >= 0.3 is 0 Å². The van der Waals surface area contributed by atoms with Crippen molar-refractivity contribution >= 4 is 33.2 Å². The lowest BCUT2D eigenvalue weighted by molar-refractivity contribution is 0.310. The molecule has 0 aromatic heterocycles. The van der Waals surface area contributed by atoms with Crippen LogP contribution < -0.4 is 4.72 Å². The molecule has 0 radical (unpaired) electrons. The third-order valence-electron chi connectivity index (χ3n) is 3.92. The summed E-state index contributed by atoms with van der Waals surface area (Å²) in [6, 6.07) is 3.00. The van der Waals surface area contributed by atoms with E-state index in [9.17, 15) is 8.42 Å². The second-order valence-electron chi connectivity index (χ2n) is 5.52. The normalized spacial score (nSPS) is 23.8. The van der Waals surface area contributed by atoms with Crippen LogP contribution in [-0.2, 0) is 10.0 Å². The second kappa shape index (κ2) is 6.22. The number of hydrogen-bond donors (Lipinski definition) is 1. The van der Waals surface area contributed by atoms with Crippen LogP contribution >= 0.6 is 23.2 Å². The molecular formula is C14H19Cl2NO2S. The fourth-order valence-corrected chi connectivity index (χ4v) is 4.80. The third kappa shape index (κ3) is 3.48. The minimum Gasteiger partial charge on any atom is -0.208 e. The molecule has 0 heterocycles. The van der Waals surface area contributed by atoms with Crippen LogP contribution in [-0.4, -0.2) is 14.5 Å². The molecular weight excluding hydrogens is 317 g/mol. The molecule has 1 saturated carbocycles. The number of nitrogens with one attached hydrogen (secondary N) is 1. The van der Waals surface area contributed by atoms with Crippen LogP contribution in [0.3, 0.4) is 0 Å². The SMILES string of the molecule is Cc1cc(S(=O)(=O)N[C@@H]2CCCC[C@H]2C)c(Cl)cc1Cl. The molecule has 112 valence electrons. The Bertz CT molecular complexity index is 601.